The van der Waals surface area contributed by atoms with Gasteiger partial charge in [0.15, 0.2) is 11.4 Å². The van der Waals surface area contributed by atoms with E-state index in [9.17, 15) is 9.90 Å². The van der Waals surface area contributed by atoms with Crippen molar-refractivity contribution in [3.8, 4) is 11.3 Å². The molecular formula is C20H23ClO2. The van der Waals surface area contributed by atoms with Crippen molar-refractivity contribution in [2.24, 2.45) is 29.1 Å². The van der Waals surface area contributed by atoms with Gasteiger partial charge < -0.3 is 5.11 Å². The summed E-state index contributed by atoms with van der Waals surface area (Å²) in [5, 5.41) is 13.4. The normalized spacial score (nSPS) is 47.8. The average molecular weight is 331 g/mol. The van der Waals surface area contributed by atoms with E-state index in [2.05, 4.69) is 24.3 Å². The third-order valence-corrected chi connectivity index (χ3v) is 7.30. The number of rotatable bonds is 0. The molecule has 4 aliphatic carbocycles. The second kappa shape index (κ2) is 5.23. The third-order valence-electron chi connectivity index (χ3n) is 7.20. The maximum atomic E-state index is 11.7. The summed E-state index contributed by atoms with van der Waals surface area (Å²) in [4.78, 5) is 11.7. The zero-order valence-electron chi connectivity index (χ0n) is 13.5. The molecule has 0 unspecified atom stereocenters. The Morgan fingerprint density at radius 1 is 1.26 bits per heavy atom. The van der Waals surface area contributed by atoms with Crippen LogP contribution < -0.4 is 0 Å². The van der Waals surface area contributed by atoms with Gasteiger partial charge in [-0.15, -0.1) is 0 Å². The van der Waals surface area contributed by atoms with Crippen LogP contribution in [-0.4, -0.2) is 16.5 Å². The molecule has 6 atom stereocenters. The van der Waals surface area contributed by atoms with Crippen molar-refractivity contribution >= 4 is 17.4 Å². The number of allylic oxidation sites excluding steroid dienone is 3. The highest BCUT2D eigenvalue weighted by molar-refractivity contribution is 6.30. The molecule has 3 heteroatoms. The van der Waals surface area contributed by atoms with Gasteiger partial charge in [0.25, 0.3) is 0 Å². The Bertz CT molecular complexity index is 667. The van der Waals surface area contributed by atoms with Gasteiger partial charge in [-0.1, -0.05) is 18.6 Å². The van der Waals surface area contributed by atoms with Crippen LogP contribution in [0.25, 0.3) is 0 Å². The van der Waals surface area contributed by atoms with Crippen molar-refractivity contribution in [1.29, 1.82) is 0 Å². The van der Waals surface area contributed by atoms with Gasteiger partial charge in [0.1, 0.15) is 0 Å². The van der Waals surface area contributed by atoms with Gasteiger partial charge in [-0.25, -0.2) is 0 Å². The Kier molecular flexibility index (Phi) is 3.52. The third kappa shape index (κ3) is 2.10. The van der Waals surface area contributed by atoms with Crippen LogP contribution in [-0.2, 0) is 4.79 Å². The molecule has 2 saturated carbocycles. The van der Waals surface area contributed by atoms with E-state index in [0.717, 1.165) is 32.1 Å². The number of halogens is 1. The summed E-state index contributed by atoms with van der Waals surface area (Å²) in [6.45, 7) is 2.17. The fourth-order valence-corrected chi connectivity index (χ4v) is 6.06. The minimum absolute atomic E-state index is 0.234. The number of aliphatic hydroxyl groups is 1. The minimum atomic E-state index is -1.09. The minimum Gasteiger partial charge on any atom is -0.373 e. The Morgan fingerprint density at radius 2 is 2.09 bits per heavy atom. The van der Waals surface area contributed by atoms with Gasteiger partial charge >= 0.3 is 0 Å². The highest BCUT2D eigenvalue weighted by Crippen LogP contribution is 2.62. The smallest absolute Gasteiger partial charge is 0.155 e. The van der Waals surface area contributed by atoms with Crippen molar-refractivity contribution < 1.29 is 9.90 Å². The molecule has 0 heterocycles. The second-order valence-corrected chi connectivity index (χ2v) is 8.21. The number of carbonyl (C=O) groups excluding carboxylic acids is 1. The molecule has 23 heavy (non-hydrogen) atoms. The molecule has 0 aromatic carbocycles. The average Bonchev–Trinajstić information content (AvgIpc) is 2.79. The molecule has 4 aliphatic rings. The fourth-order valence-electron chi connectivity index (χ4n) is 5.92. The van der Waals surface area contributed by atoms with E-state index in [1.165, 1.54) is 5.57 Å². The molecule has 0 aliphatic heterocycles. The first kappa shape index (κ1) is 15.5. The molecule has 0 radical (unpaired) electrons. The van der Waals surface area contributed by atoms with E-state index in [0.29, 0.717) is 35.9 Å². The monoisotopic (exact) mass is 330 g/mol. The number of hydrogen-bond acceptors (Lipinski definition) is 2. The van der Waals surface area contributed by atoms with E-state index in [4.69, 9.17) is 11.6 Å². The van der Waals surface area contributed by atoms with Crippen LogP contribution in [0.1, 0.15) is 45.4 Å². The van der Waals surface area contributed by atoms with Crippen LogP contribution >= 0.6 is 11.6 Å². The van der Waals surface area contributed by atoms with Crippen LogP contribution in [0.2, 0.25) is 0 Å². The van der Waals surface area contributed by atoms with Gasteiger partial charge in [-0.05, 0) is 85.4 Å². The maximum Gasteiger partial charge on any atom is 0.155 e. The highest BCUT2D eigenvalue weighted by Gasteiger charge is 2.59. The van der Waals surface area contributed by atoms with Crippen molar-refractivity contribution in [3.05, 3.63) is 23.8 Å². The molecule has 0 amide bonds. The van der Waals surface area contributed by atoms with E-state index >= 15 is 0 Å². The van der Waals surface area contributed by atoms with Crippen molar-refractivity contribution in [2.75, 3.05) is 0 Å². The van der Waals surface area contributed by atoms with E-state index < -0.39 is 5.60 Å². The van der Waals surface area contributed by atoms with E-state index in [-0.39, 0.29) is 5.41 Å². The quantitative estimate of drug-likeness (QED) is 0.541. The summed E-state index contributed by atoms with van der Waals surface area (Å²) in [6, 6.07) is 0. The summed E-state index contributed by atoms with van der Waals surface area (Å²) in [6.07, 6.45) is 12.0. The van der Waals surface area contributed by atoms with Crippen molar-refractivity contribution in [2.45, 2.75) is 51.0 Å². The van der Waals surface area contributed by atoms with Gasteiger partial charge in [0.2, 0.25) is 0 Å². The summed E-state index contributed by atoms with van der Waals surface area (Å²) in [7, 11) is 0. The van der Waals surface area contributed by atoms with Crippen LogP contribution in [0.15, 0.2) is 23.8 Å². The summed E-state index contributed by atoms with van der Waals surface area (Å²) in [5.74, 6) is 5.34. The molecule has 0 aromatic rings. The first-order chi connectivity index (χ1) is 11.0. The predicted molar refractivity (Wildman–Crippen MR) is 90.6 cm³/mol. The lowest BCUT2D eigenvalue weighted by molar-refractivity contribution is -0.116. The van der Waals surface area contributed by atoms with Crippen LogP contribution in [0.3, 0.4) is 0 Å². The number of carbonyl (C=O) groups is 1. The van der Waals surface area contributed by atoms with Gasteiger partial charge in [-0.3, -0.25) is 4.79 Å². The lowest BCUT2D eigenvalue weighted by Crippen LogP contribution is -2.52. The first-order valence-electron chi connectivity index (χ1n) is 8.76. The standard InChI is InChI=1S/C20H23ClO2/c1-19-8-6-16-15-5-3-14(22)12-13(15)2-4-17(16)18(19)7-9-20(19,23)10-11-21/h7,9,12,15-18,23H,2-6,8H2,1H3/t15-,16+,17+,18-,19-,20-/m0/s1. The number of fused-ring (bicyclic) bond motifs is 5. The summed E-state index contributed by atoms with van der Waals surface area (Å²) < 4.78 is 0. The molecular weight excluding hydrogens is 308 g/mol. The topological polar surface area (TPSA) is 37.3 Å². The van der Waals surface area contributed by atoms with Crippen LogP contribution in [0.4, 0.5) is 0 Å². The van der Waals surface area contributed by atoms with Crippen molar-refractivity contribution in [3.63, 3.8) is 0 Å². The van der Waals surface area contributed by atoms with Gasteiger partial charge in [0, 0.05) is 17.2 Å². The number of ketones is 1. The Labute approximate surface area is 143 Å². The molecule has 2 fully saturated rings. The predicted octanol–water partition coefficient (Wildman–Crippen LogP) is 3.84. The second-order valence-electron chi connectivity index (χ2n) is 8.02. The van der Waals surface area contributed by atoms with Crippen LogP contribution in [0, 0.1) is 40.4 Å². The molecule has 122 valence electrons. The summed E-state index contributed by atoms with van der Waals surface area (Å²) >= 11 is 5.61. The Hall–Kier alpha value is -1.04. The molecule has 0 aromatic heterocycles. The van der Waals surface area contributed by atoms with Crippen molar-refractivity contribution in [1.82, 2.24) is 0 Å². The molecule has 0 spiro atoms. The molecule has 2 nitrogen and oxygen atoms in total. The zero-order chi connectivity index (χ0) is 16.2. The molecule has 4 rings (SSSR count). The highest BCUT2D eigenvalue weighted by atomic mass is 35.5. The number of hydrogen-bond donors (Lipinski definition) is 1. The Morgan fingerprint density at radius 3 is 2.87 bits per heavy atom. The molecule has 1 N–H and O–H groups in total. The molecule has 0 saturated heterocycles. The first-order valence-corrected chi connectivity index (χ1v) is 9.14. The Balaban J connectivity index is 1.66. The largest absolute Gasteiger partial charge is 0.373 e. The fraction of sp³-hybridized carbons (Fsp3) is 0.650. The van der Waals surface area contributed by atoms with Crippen LogP contribution in [0.5, 0.6) is 0 Å². The van der Waals surface area contributed by atoms with E-state index in [1.807, 2.05) is 12.2 Å². The summed E-state index contributed by atoms with van der Waals surface area (Å²) in [5.41, 5.74) is 0.0639. The zero-order valence-corrected chi connectivity index (χ0v) is 14.3. The molecule has 0 bridgehead atoms. The SMILES string of the molecule is C[C@]12CC[C@H]3[C@@H](CCC4=CC(=O)CC[C@@H]43)[C@@H]1C=C[C@]2(O)C#CCl. The van der Waals surface area contributed by atoms with Gasteiger partial charge in [0.05, 0.1) is 0 Å². The van der Waals surface area contributed by atoms with Gasteiger partial charge in [-0.2, -0.15) is 0 Å². The lowest BCUT2D eigenvalue weighted by atomic mass is 9.50. The lowest BCUT2D eigenvalue weighted by Gasteiger charge is -2.54. The maximum absolute atomic E-state index is 11.7. The van der Waals surface area contributed by atoms with E-state index in [1.54, 1.807) is 0 Å².